The van der Waals surface area contributed by atoms with Gasteiger partial charge in [0.1, 0.15) is 13.2 Å². The van der Waals surface area contributed by atoms with Gasteiger partial charge in [-0.15, -0.1) is 0 Å². The number of allylic oxidation sites excluding steroid dienone is 10. The minimum atomic E-state index is -0.782. The third-order valence-electron chi connectivity index (χ3n) is 16.5. The van der Waals surface area contributed by atoms with Gasteiger partial charge in [0.2, 0.25) is 0 Å². The van der Waals surface area contributed by atoms with Gasteiger partial charge in [0.05, 0.1) is 0 Å². The molecule has 0 N–H and O–H groups in total. The van der Waals surface area contributed by atoms with Crippen molar-refractivity contribution in [3.05, 3.63) is 60.8 Å². The summed E-state index contributed by atoms with van der Waals surface area (Å²) >= 11 is 0. The van der Waals surface area contributed by atoms with E-state index < -0.39 is 6.10 Å². The Balaban J connectivity index is 4.24. The molecule has 0 aromatic rings. The van der Waals surface area contributed by atoms with E-state index in [9.17, 15) is 14.4 Å². The van der Waals surface area contributed by atoms with Crippen LogP contribution < -0.4 is 0 Å². The molecule has 1 atom stereocenters. The summed E-state index contributed by atoms with van der Waals surface area (Å²) in [6.07, 6.45) is 92.6. The van der Waals surface area contributed by atoms with Crippen molar-refractivity contribution in [3.8, 4) is 0 Å². The van der Waals surface area contributed by atoms with Crippen molar-refractivity contribution in [1.29, 1.82) is 0 Å². The average Bonchev–Trinajstić information content (AvgIpc) is 3.50. The number of carbonyl (C=O) groups excluding carboxylic acids is 3. The number of carbonyl (C=O) groups is 3. The third-order valence-corrected chi connectivity index (χ3v) is 16.5. The smallest absolute Gasteiger partial charge is 0.306 e. The largest absolute Gasteiger partial charge is 0.462 e. The lowest BCUT2D eigenvalue weighted by atomic mass is 10.0. The van der Waals surface area contributed by atoms with Crippen molar-refractivity contribution in [2.75, 3.05) is 13.2 Å². The van der Waals surface area contributed by atoms with Crippen LogP contribution in [0.15, 0.2) is 60.8 Å². The molecule has 0 amide bonds. The third kappa shape index (κ3) is 69.8. The van der Waals surface area contributed by atoms with Crippen molar-refractivity contribution < 1.29 is 28.6 Å². The number of esters is 3. The van der Waals surface area contributed by atoms with Crippen molar-refractivity contribution in [2.45, 2.75) is 399 Å². The van der Waals surface area contributed by atoms with E-state index in [-0.39, 0.29) is 31.1 Å². The molecule has 0 fully saturated rings. The van der Waals surface area contributed by atoms with Crippen LogP contribution in [0.25, 0.3) is 0 Å². The van der Waals surface area contributed by atoms with E-state index in [0.29, 0.717) is 19.3 Å². The zero-order valence-electron chi connectivity index (χ0n) is 55.7. The molecule has 6 nitrogen and oxygen atoms in total. The van der Waals surface area contributed by atoms with E-state index in [1.54, 1.807) is 0 Å². The Labute approximate surface area is 517 Å². The fourth-order valence-electron chi connectivity index (χ4n) is 11.0. The first-order valence-electron chi connectivity index (χ1n) is 36.8. The fourth-order valence-corrected chi connectivity index (χ4v) is 11.0. The van der Waals surface area contributed by atoms with Gasteiger partial charge in [0, 0.05) is 19.3 Å². The first-order chi connectivity index (χ1) is 41.0. The van der Waals surface area contributed by atoms with Crippen molar-refractivity contribution in [2.24, 2.45) is 0 Å². The highest BCUT2D eigenvalue weighted by Gasteiger charge is 2.19. The zero-order chi connectivity index (χ0) is 59.9. The van der Waals surface area contributed by atoms with Gasteiger partial charge in [0.25, 0.3) is 0 Å². The maximum Gasteiger partial charge on any atom is 0.306 e. The number of hydrogen-bond donors (Lipinski definition) is 0. The molecule has 0 radical (unpaired) electrons. The summed E-state index contributed by atoms with van der Waals surface area (Å²) in [6, 6.07) is 0. The molecule has 0 aromatic heterocycles. The Morgan fingerprint density at radius 3 is 0.759 bits per heavy atom. The Morgan fingerprint density at radius 1 is 0.253 bits per heavy atom. The standard InChI is InChI=1S/C77H140O6/c1-4-7-10-13-16-19-22-25-28-31-33-34-35-36-37-38-39-40-41-42-44-46-49-52-55-58-61-64-67-70-76(79)82-73-74(72-81-75(78)69-66-63-60-57-54-51-48-45-30-27-24-21-18-15-12-9-6-3)83-77(80)71-68-65-62-59-56-53-50-47-43-32-29-26-23-20-17-14-11-8-5-2/h9,12,17-18,20-21,26-27,29-30,74H,4-8,10-11,13-16,19,22-25,28,31-73H2,1-3H3/b12-9-,20-17-,21-18-,29-26-,30-27-. The molecule has 0 heterocycles. The second kappa shape index (κ2) is 71.6. The highest BCUT2D eigenvalue weighted by Crippen LogP contribution is 2.19. The molecule has 0 aromatic carbocycles. The van der Waals surface area contributed by atoms with Gasteiger partial charge in [0.15, 0.2) is 6.10 Å². The van der Waals surface area contributed by atoms with Crippen molar-refractivity contribution in [3.63, 3.8) is 0 Å². The van der Waals surface area contributed by atoms with E-state index in [4.69, 9.17) is 14.2 Å². The number of ether oxygens (including phenoxy) is 3. The molecule has 0 rings (SSSR count). The lowest BCUT2D eigenvalue weighted by Gasteiger charge is -2.18. The average molecular weight is 1160 g/mol. The second-order valence-corrected chi connectivity index (χ2v) is 24.8. The topological polar surface area (TPSA) is 78.9 Å². The van der Waals surface area contributed by atoms with Crippen LogP contribution in [0.1, 0.15) is 393 Å². The van der Waals surface area contributed by atoms with Crippen LogP contribution in [0.2, 0.25) is 0 Å². The maximum absolute atomic E-state index is 13.0. The quantitative estimate of drug-likeness (QED) is 0.0261. The van der Waals surface area contributed by atoms with Gasteiger partial charge in [-0.3, -0.25) is 14.4 Å². The Hall–Kier alpha value is -2.89. The van der Waals surface area contributed by atoms with Gasteiger partial charge < -0.3 is 14.2 Å². The summed E-state index contributed by atoms with van der Waals surface area (Å²) in [7, 11) is 0. The van der Waals surface area contributed by atoms with E-state index in [1.807, 2.05) is 0 Å². The van der Waals surface area contributed by atoms with Crippen LogP contribution in [-0.2, 0) is 28.6 Å². The first-order valence-corrected chi connectivity index (χ1v) is 36.8. The monoisotopic (exact) mass is 1160 g/mol. The summed E-state index contributed by atoms with van der Waals surface area (Å²) in [5.74, 6) is -0.865. The Morgan fingerprint density at radius 2 is 0.470 bits per heavy atom. The molecule has 0 aliphatic heterocycles. The molecule has 0 bridgehead atoms. The molecule has 0 saturated heterocycles. The highest BCUT2D eigenvalue weighted by atomic mass is 16.6. The molecule has 0 aliphatic carbocycles. The summed E-state index contributed by atoms with van der Waals surface area (Å²) < 4.78 is 17.0. The minimum Gasteiger partial charge on any atom is -0.462 e. The van der Waals surface area contributed by atoms with Gasteiger partial charge in [-0.2, -0.15) is 0 Å². The summed E-state index contributed by atoms with van der Waals surface area (Å²) in [5, 5.41) is 0. The van der Waals surface area contributed by atoms with Gasteiger partial charge in [-0.1, -0.05) is 351 Å². The summed E-state index contributed by atoms with van der Waals surface area (Å²) in [5.41, 5.74) is 0. The Bertz CT molecular complexity index is 1470. The van der Waals surface area contributed by atoms with Crippen LogP contribution in [0, 0.1) is 0 Å². The molecule has 0 saturated carbocycles. The van der Waals surface area contributed by atoms with Crippen LogP contribution in [0.3, 0.4) is 0 Å². The van der Waals surface area contributed by atoms with Crippen LogP contribution in [-0.4, -0.2) is 37.2 Å². The molecule has 484 valence electrons. The van der Waals surface area contributed by atoms with E-state index in [2.05, 4.69) is 81.5 Å². The van der Waals surface area contributed by atoms with Crippen molar-refractivity contribution in [1.82, 2.24) is 0 Å². The molecule has 6 heteroatoms. The molecule has 83 heavy (non-hydrogen) atoms. The molecular weight excluding hydrogens is 1020 g/mol. The summed E-state index contributed by atoms with van der Waals surface area (Å²) in [4.78, 5) is 38.5. The number of rotatable bonds is 68. The highest BCUT2D eigenvalue weighted by molar-refractivity contribution is 5.71. The zero-order valence-corrected chi connectivity index (χ0v) is 55.7. The predicted molar refractivity (Wildman–Crippen MR) is 362 cm³/mol. The predicted octanol–water partition coefficient (Wildman–Crippen LogP) is 25.5. The molecular formula is C77H140O6. The lowest BCUT2D eigenvalue weighted by Crippen LogP contribution is -2.30. The molecule has 0 aliphatic rings. The Kier molecular flexibility index (Phi) is 69.1. The number of unbranched alkanes of at least 4 members (excludes halogenated alkanes) is 47. The molecule has 1 unspecified atom stereocenters. The SMILES string of the molecule is CC/C=C\C/C=C\C/C=C\CCCCCCCCCC(=O)OCC(COC(=O)CCCCCCCCCCCCCCCCCCCCCCCCCCCCCCC)OC(=O)CCCCCCCCCCC/C=C\C/C=C\CCCCC. The van der Waals surface area contributed by atoms with Gasteiger partial charge >= 0.3 is 17.9 Å². The van der Waals surface area contributed by atoms with Crippen LogP contribution >= 0.6 is 0 Å². The maximum atomic E-state index is 13.0. The first kappa shape index (κ1) is 80.1. The van der Waals surface area contributed by atoms with Crippen LogP contribution in [0.5, 0.6) is 0 Å². The van der Waals surface area contributed by atoms with E-state index in [1.165, 1.54) is 263 Å². The second-order valence-electron chi connectivity index (χ2n) is 24.8. The van der Waals surface area contributed by atoms with Crippen molar-refractivity contribution >= 4 is 17.9 Å². The lowest BCUT2D eigenvalue weighted by molar-refractivity contribution is -0.167. The van der Waals surface area contributed by atoms with Gasteiger partial charge in [-0.25, -0.2) is 0 Å². The normalized spacial score (nSPS) is 12.4. The minimum absolute atomic E-state index is 0.0754. The summed E-state index contributed by atoms with van der Waals surface area (Å²) in [6.45, 7) is 6.56. The molecule has 0 spiro atoms. The van der Waals surface area contributed by atoms with Gasteiger partial charge in [-0.05, 0) is 83.5 Å². The van der Waals surface area contributed by atoms with Crippen LogP contribution in [0.4, 0.5) is 0 Å². The van der Waals surface area contributed by atoms with E-state index in [0.717, 1.165) is 89.9 Å². The van der Waals surface area contributed by atoms with E-state index >= 15 is 0 Å². The fraction of sp³-hybridized carbons (Fsp3) is 0.831. The number of hydrogen-bond acceptors (Lipinski definition) is 6.